The maximum Gasteiger partial charge on any atom is 0.191 e. The van der Waals surface area contributed by atoms with Gasteiger partial charge in [0.25, 0.3) is 0 Å². The zero-order valence-corrected chi connectivity index (χ0v) is 16.9. The first kappa shape index (κ1) is 20.1. The predicted octanol–water partition coefficient (Wildman–Crippen LogP) is 3.38. The minimum absolute atomic E-state index is 0.447. The van der Waals surface area contributed by atoms with Gasteiger partial charge in [0.15, 0.2) is 5.96 Å². The molecule has 6 heteroatoms. The van der Waals surface area contributed by atoms with E-state index in [1.165, 1.54) is 4.90 Å². The van der Waals surface area contributed by atoms with Gasteiger partial charge >= 0.3 is 0 Å². The van der Waals surface area contributed by atoms with Gasteiger partial charge in [0.2, 0.25) is 0 Å². The van der Waals surface area contributed by atoms with Gasteiger partial charge in [-0.05, 0) is 36.8 Å². The van der Waals surface area contributed by atoms with Crippen LogP contribution in [-0.4, -0.2) is 43.4 Å². The minimum Gasteiger partial charge on any atom is -0.363 e. The molecule has 1 aromatic heterocycles. The van der Waals surface area contributed by atoms with Crippen LogP contribution in [0.2, 0.25) is 0 Å². The smallest absolute Gasteiger partial charge is 0.191 e. The molecular formula is C20H29N5S. The first-order valence-electron chi connectivity index (χ1n) is 8.94. The number of anilines is 1. The van der Waals surface area contributed by atoms with E-state index in [9.17, 15) is 0 Å². The molecule has 1 heterocycles. The fourth-order valence-corrected chi connectivity index (χ4v) is 3.27. The van der Waals surface area contributed by atoms with E-state index in [0.29, 0.717) is 11.8 Å². The highest BCUT2D eigenvalue weighted by Crippen LogP contribution is 2.21. The first-order chi connectivity index (χ1) is 12.6. The van der Waals surface area contributed by atoms with Crippen LogP contribution in [0.1, 0.15) is 19.4 Å². The van der Waals surface area contributed by atoms with Crippen molar-refractivity contribution in [1.82, 2.24) is 15.6 Å². The number of rotatable bonds is 8. The van der Waals surface area contributed by atoms with Crippen LogP contribution < -0.4 is 15.5 Å². The van der Waals surface area contributed by atoms with Crippen LogP contribution in [0.4, 0.5) is 5.82 Å². The molecule has 0 radical (unpaired) electrons. The lowest BCUT2D eigenvalue weighted by atomic mass is 10.2. The van der Waals surface area contributed by atoms with Gasteiger partial charge in [-0.1, -0.05) is 25.1 Å². The molecule has 0 aliphatic carbocycles. The van der Waals surface area contributed by atoms with Gasteiger partial charge in [0.1, 0.15) is 5.82 Å². The number of benzene rings is 1. The van der Waals surface area contributed by atoms with Gasteiger partial charge in [0, 0.05) is 43.5 Å². The van der Waals surface area contributed by atoms with Crippen molar-refractivity contribution in [2.24, 2.45) is 4.99 Å². The summed E-state index contributed by atoms with van der Waals surface area (Å²) in [5.74, 6) is 1.79. The minimum atomic E-state index is 0.447. The number of guanidine groups is 1. The molecule has 140 valence electrons. The van der Waals surface area contributed by atoms with E-state index >= 15 is 0 Å². The monoisotopic (exact) mass is 371 g/mol. The van der Waals surface area contributed by atoms with Gasteiger partial charge in [-0.3, -0.25) is 0 Å². The molecule has 0 aliphatic heterocycles. The average Bonchev–Trinajstić information content (AvgIpc) is 2.65. The summed E-state index contributed by atoms with van der Waals surface area (Å²) in [7, 11) is 3.99. The second-order valence-corrected chi connectivity index (χ2v) is 7.75. The quantitative estimate of drug-likeness (QED) is 0.423. The van der Waals surface area contributed by atoms with Crippen molar-refractivity contribution in [2.45, 2.75) is 30.5 Å². The summed E-state index contributed by atoms with van der Waals surface area (Å²) >= 11 is 1.86. The van der Waals surface area contributed by atoms with E-state index in [1.54, 1.807) is 0 Å². The molecule has 0 saturated carbocycles. The van der Waals surface area contributed by atoms with Crippen LogP contribution >= 0.6 is 11.8 Å². The molecule has 0 aliphatic rings. The number of aliphatic imine (C=N–C) groups is 1. The van der Waals surface area contributed by atoms with Crippen molar-refractivity contribution in [3.8, 4) is 0 Å². The number of hydrogen-bond donors (Lipinski definition) is 2. The Kier molecular flexibility index (Phi) is 8.28. The van der Waals surface area contributed by atoms with Gasteiger partial charge in [-0.15, -0.1) is 11.8 Å². The lowest BCUT2D eigenvalue weighted by Gasteiger charge is -2.16. The predicted molar refractivity (Wildman–Crippen MR) is 113 cm³/mol. The van der Waals surface area contributed by atoms with Crippen molar-refractivity contribution in [3.05, 3.63) is 54.2 Å². The highest BCUT2D eigenvalue weighted by atomic mass is 32.2. The summed E-state index contributed by atoms with van der Waals surface area (Å²) in [6, 6.07) is 14.6. The van der Waals surface area contributed by atoms with Crippen molar-refractivity contribution in [2.75, 3.05) is 32.1 Å². The standard InChI is InChI=1S/C20H29N5S/c1-5-21-20(23-14-16(2)26-18-9-7-6-8-10-18)24-15-17-11-12-22-19(13-17)25(3)4/h6-13,16H,5,14-15H2,1-4H3,(H2,21,23,24). The SMILES string of the molecule is CCNC(=NCc1ccnc(N(C)C)c1)NCC(C)Sc1ccccc1. The van der Waals surface area contributed by atoms with Gasteiger partial charge in [0.05, 0.1) is 6.54 Å². The summed E-state index contributed by atoms with van der Waals surface area (Å²) < 4.78 is 0. The van der Waals surface area contributed by atoms with Crippen LogP contribution in [0.5, 0.6) is 0 Å². The molecule has 0 fully saturated rings. The summed E-state index contributed by atoms with van der Waals surface area (Å²) in [6.07, 6.45) is 1.83. The van der Waals surface area contributed by atoms with E-state index in [4.69, 9.17) is 4.99 Å². The van der Waals surface area contributed by atoms with Crippen molar-refractivity contribution < 1.29 is 0 Å². The van der Waals surface area contributed by atoms with Gasteiger partial charge in [-0.25, -0.2) is 9.98 Å². The highest BCUT2D eigenvalue weighted by Gasteiger charge is 2.06. The number of pyridine rings is 1. The van der Waals surface area contributed by atoms with Crippen LogP contribution in [0.3, 0.4) is 0 Å². The van der Waals surface area contributed by atoms with Crippen molar-refractivity contribution in [1.29, 1.82) is 0 Å². The topological polar surface area (TPSA) is 52.6 Å². The number of nitrogens with one attached hydrogen (secondary N) is 2. The Labute approximate surface area is 161 Å². The zero-order chi connectivity index (χ0) is 18.8. The molecule has 0 spiro atoms. The Morgan fingerprint density at radius 2 is 1.96 bits per heavy atom. The molecular weight excluding hydrogens is 342 g/mol. The summed E-state index contributed by atoms with van der Waals surface area (Å²) in [5.41, 5.74) is 1.15. The van der Waals surface area contributed by atoms with Crippen LogP contribution in [0.25, 0.3) is 0 Å². The van der Waals surface area contributed by atoms with Crippen molar-refractivity contribution in [3.63, 3.8) is 0 Å². The first-order valence-corrected chi connectivity index (χ1v) is 9.82. The van der Waals surface area contributed by atoms with Crippen LogP contribution in [0, 0.1) is 0 Å². The van der Waals surface area contributed by atoms with Crippen LogP contribution in [-0.2, 0) is 6.54 Å². The average molecular weight is 372 g/mol. The molecule has 26 heavy (non-hydrogen) atoms. The maximum atomic E-state index is 4.70. The molecule has 5 nitrogen and oxygen atoms in total. The second-order valence-electron chi connectivity index (χ2n) is 6.23. The van der Waals surface area contributed by atoms with E-state index in [2.05, 4.69) is 59.8 Å². The Hall–Kier alpha value is -2.21. The molecule has 1 aromatic carbocycles. The Bertz CT molecular complexity index is 688. The largest absolute Gasteiger partial charge is 0.363 e. The van der Waals surface area contributed by atoms with Gasteiger partial charge in [-0.2, -0.15) is 0 Å². The fourth-order valence-electron chi connectivity index (χ4n) is 2.33. The lowest BCUT2D eigenvalue weighted by Crippen LogP contribution is -2.40. The summed E-state index contributed by atoms with van der Waals surface area (Å²) in [5, 5.41) is 7.20. The second kappa shape index (κ2) is 10.7. The molecule has 1 unspecified atom stereocenters. The normalized spacial score (nSPS) is 12.5. The summed E-state index contributed by atoms with van der Waals surface area (Å²) in [4.78, 5) is 12.3. The molecule has 2 rings (SSSR count). The van der Waals surface area contributed by atoms with Crippen molar-refractivity contribution >= 4 is 23.5 Å². The Morgan fingerprint density at radius 3 is 2.65 bits per heavy atom. The third-order valence-corrected chi connectivity index (χ3v) is 4.78. The van der Waals surface area contributed by atoms with E-state index in [0.717, 1.165) is 30.4 Å². The number of hydrogen-bond acceptors (Lipinski definition) is 4. The highest BCUT2D eigenvalue weighted by molar-refractivity contribution is 8.00. The molecule has 0 amide bonds. The number of thioether (sulfide) groups is 1. The number of aromatic nitrogens is 1. The van der Waals surface area contributed by atoms with E-state index in [-0.39, 0.29) is 0 Å². The third-order valence-electron chi connectivity index (χ3n) is 3.67. The fraction of sp³-hybridized carbons (Fsp3) is 0.400. The van der Waals surface area contributed by atoms with Gasteiger partial charge < -0.3 is 15.5 Å². The molecule has 2 aromatic rings. The molecule has 2 N–H and O–H groups in total. The molecule has 1 atom stereocenters. The molecule has 0 bridgehead atoms. The maximum absolute atomic E-state index is 4.70. The number of nitrogens with zero attached hydrogens (tertiary/aromatic N) is 3. The lowest BCUT2D eigenvalue weighted by molar-refractivity contribution is 0.794. The zero-order valence-electron chi connectivity index (χ0n) is 16.1. The summed E-state index contributed by atoms with van der Waals surface area (Å²) in [6.45, 7) is 6.62. The van der Waals surface area contributed by atoms with E-state index < -0.39 is 0 Å². The Balaban J connectivity index is 1.90. The van der Waals surface area contributed by atoms with Crippen LogP contribution in [0.15, 0.2) is 58.5 Å². The Morgan fingerprint density at radius 1 is 1.19 bits per heavy atom. The third kappa shape index (κ3) is 6.96. The molecule has 0 saturated heterocycles. The van der Waals surface area contributed by atoms with E-state index in [1.807, 2.05) is 49.1 Å².